The van der Waals surface area contributed by atoms with Gasteiger partial charge in [0.05, 0.1) is 12.3 Å². The standard InChI is InChI=1S/C11H23N3O/c1-4-5-6-7-8-13-14-10(2)9-12-11(3)15/h13H,4-9H2,1-3H3,(H,12,15)/b14-10-. The smallest absolute Gasteiger partial charge is 0.217 e. The molecule has 0 spiro atoms. The second-order valence-electron chi connectivity index (χ2n) is 3.73. The first-order chi connectivity index (χ1) is 7.16. The predicted molar refractivity (Wildman–Crippen MR) is 63.9 cm³/mol. The van der Waals surface area contributed by atoms with Crippen LogP contribution in [0.15, 0.2) is 5.10 Å². The molecular formula is C11H23N3O. The average molecular weight is 213 g/mol. The molecule has 0 fully saturated rings. The molecule has 0 aromatic heterocycles. The minimum absolute atomic E-state index is 0.0208. The number of unbranched alkanes of at least 4 members (excludes halogenated alkanes) is 3. The summed E-state index contributed by atoms with van der Waals surface area (Å²) in [6.07, 6.45) is 4.95. The van der Waals surface area contributed by atoms with Crippen molar-refractivity contribution < 1.29 is 4.79 Å². The van der Waals surface area contributed by atoms with Crippen molar-refractivity contribution in [3.63, 3.8) is 0 Å². The maximum Gasteiger partial charge on any atom is 0.217 e. The zero-order valence-electron chi connectivity index (χ0n) is 10.1. The van der Waals surface area contributed by atoms with Gasteiger partial charge < -0.3 is 10.7 Å². The van der Waals surface area contributed by atoms with Crippen molar-refractivity contribution in [2.45, 2.75) is 46.5 Å². The van der Waals surface area contributed by atoms with Crippen molar-refractivity contribution in [2.24, 2.45) is 5.10 Å². The van der Waals surface area contributed by atoms with E-state index in [1.807, 2.05) is 6.92 Å². The summed E-state index contributed by atoms with van der Waals surface area (Å²) in [7, 11) is 0. The molecule has 4 nitrogen and oxygen atoms in total. The first kappa shape index (κ1) is 13.9. The quantitative estimate of drug-likeness (QED) is 0.366. The highest BCUT2D eigenvalue weighted by molar-refractivity contribution is 5.87. The molecule has 0 saturated heterocycles. The van der Waals surface area contributed by atoms with E-state index in [1.54, 1.807) is 0 Å². The SMILES string of the molecule is CCCCCCN/N=C(/C)CNC(C)=O. The normalized spacial score (nSPS) is 11.3. The number of carbonyl (C=O) groups is 1. The molecule has 1 amide bonds. The molecule has 0 rings (SSSR count). The highest BCUT2D eigenvalue weighted by Gasteiger charge is 1.93. The Morgan fingerprint density at radius 1 is 1.20 bits per heavy atom. The number of rotatable bonds is 8. The molecule has 0 aromatic rings. The van der Waals surface area contributed by atoms with E-state index >= 15 is 0 Å². The van der Waals surface area contributed by atoms with Crippen LogP contribution in [-0.4, -0.2) is 24.7 Å². The summed E-state index contributed by atoms with van der Waals surface area (Å²) in [5.41, 5.74) is 3.91. The number of nitrogens with zero attached hydrogens (tertiary/aromatic N) is 1. The summed E-state index contributed by atoms with van der Waals surface area (Å²) in [4.78, 5) is 10.6. The molecule has 0 bridgehead atoms. The van der Waals surface area contributed by atoms with Gasteiger partial charge in [-0.1, -0.05) is 26.2 Å². The molecule has 0 aliphatic carbocycles. The Labute approximate surface area is 92.5 Å². The Balaban J connectivity index is 3.37. The van der Waals surface area contributed by atoms with Gasteiger partial charge in [0.15, 0.2) is 0 Å². The molecule has 2 N–H and O–H groups in total. The molecule has 4 heteroatoms. The van der Waals surface area contributed by atoms with E-state index in [2.05, 4.69) is 22.8 Å². The van der Waals surface area contributed by atoms with Crippen LogP contribution in [0.1, 0.15) is 46.5 Å². The third-order valence-corrected chi connectivity index (χ3v) is 2.01. The van der Waals surface area contributed by atoms with Gasteiger partial charge >= 0.3 is 0 Å². The summed E-state index contributed by atoms with van der Waals surface area (Å²) in [5.74, 6) is -0.0208. The second-order valence-corrected chi connectivity index (χ2v) is 3.73. The van der Waals surface area contributed by atoms with E-state index in [0.29, 0.717) is 6.54 Å². The lowest BCUT2D eigenvalue weighted by Crippen LogP contribution is -2.27. The fourth-order valence-electron chi connectivity index (χ4n) is 1.11. The van der Waals surface area contributed by atoms with Gasteiger partial charge in [-0.2, -0.15) is 5.10 Å². The van der Waals surface area contributed by atoms with Crippen molar-refractivity contribution >= 4 is 11.6 Å². The van der Waals surface area contributed by atoms with Gasteiger partial charge in [0.2, 0.25) is 5.91 Å². The van der Waals surface area contributed by atoms with Gasteiger partial charge in [-0.3, -0.25) is 4.79 Å². The number of hydrazone groups is 1. The first-order valence-electron chi connectivity index (χ1n) is 5.67. The van der Waals surface area contributed by atoms with Gasteiger partial charge in [0, 0.05) is 13.5 Å². The summed E-state index contributed by atoms with van der Waals surface area (Å²) >= 11 is 0. The van der Waals surface area contributed by atoms with Crippen molar-refractivity contribution in [1.82, 2.24) is 10.7 Å². The van der Waals surface area contributed by atoms with E-state index in [4.69, 9.17) is 0 Å². The second kappa shape index (κ2) is 9.49. The number of hydrogen-bond donors (Lipinski definition) is 2. The Morgan fingerprint density at radius 2 is 1.93 bits per heavy atom. The number of hydrogen-bond acceptors (Lipinski definition) is 3. The molecule has 0 radical (unpaired) electrons. The van der Waals surface area contributed by atoms with Crippen LogP contribution in [0.2, 0.25) is 0 Å². The molecule has 88 valence electrons. The van der Waals surface area contributed by atoms with Crippen LogP contribution in [0, 0.1) is 0 Å². The van der Waals surface area contributed by atoms with Gasteiger partial charge in [0.1, 0.15) is 0 Å². The van der Waals surface area contributed by atoms with Gasteiger partial charge in [-0.25, -0.2) is 0 Å². The predicted octanol–water partition coefficient (Wildman–Crippen LogP) is 1.67. The summed E-state index contributed by atoms with van der Waals surface area (Å²) in [6.45, 7) is 7.04. The molecule has 0 unspecified atom stereocenters. The topological polar surface area (TPSA) is 53.5 Å². The fourth-order valence-corrected chi connectivity index (χ4v) is 1.11. The van der Waals surface area contributed by atoms with Gasteiger partial charge in [-0.15, -0.1) is 0 Å². The third-order valence-electron chi connectivity index (χ3n) is 2.01. The lowest BCUT2D eigenvalue weighted by molar-refractivity contribution is -0.118. The zero-order chi connectivity index (χ0) is 11.5. The lowest BCUT2D eigenvalue weighted by atomic mass is 10.2. The maximum atomic E-state index is 10.6. The van der Waals surface area contributed by atoms with Crippen LogP contribution in [-0.2, 0) is 4.79 Å². The monoisotopic (exact) mass is 213 g/mol. The van der Waals surface area contributed by atoms with E-state index in [9.17, 15) is 4.79 Å². The Kier molecular flexibility index (Phi) is 8.82. The molecule has 0 aliphatic heterocycles. The van der Waals surface area contributed by atoms with Crippen LogP contribution in [0.5, 0.6) is 0 Å². The highest BCUT2D eigenvalue weighted by Crippen LogP contribution is 1.96. The molecule has 0 atom stereocenters. The maximum absolute atomic E-state index is 10.6. The van der Waals surface area contributed by atoms with E-state index < -0.39 is 0 Å². The summed E-state index contributed by atoms with van der Waals surface area (Å²) in [6, 6.07) is 0. The summed E-state index contributed by atoms with van der Waals surface area (Å²) < 4.78 is 0. The number of nitrogens with one attached hydrogen (secondary N) is 2. The molecule has 0 heterocycles. The number of carbonyl (C=O) groups excluding carboxylic acids is 1. The van der Waals surface area contributed by atoms with E-state index in [1.165, 1.54) is 26.2 Å². The molecule has 0 saturated carbocycles. The average Bonchev–Trinajstić information content (AvgIpc) is 2.20. The van der Waals surface area contributed by atoms with Crippen LogP contribution in [0.3, 0.4) is 0 Å². The zero-order valence-corrected chi connectivity index (χ0v) is 10.1. The largest absolute Gasteiger partial charge is 0.351 e. The van der Waals surface area contributed by atoms with Crippen LogP contribution in [0.4, 0.5) is 0 Å². The highest BCUT2D eigenvalue weighted by atomic mass is 16.1. The molecule has 0 aliphatic rings. The van der Waals surface area contributed by atoms with Crippen molar-refractivity contribution in [3.8, 4) is 0 Å². The van der Waals surface area contributed by atoms with Crippen molar-refractivity contribution in [2.75, 3.05) is 13.1 Å². The van der Waals surface area contributed by atoms with Crippen LogP contribution in [0.25, 0.3) is 0 Å². The Morgan fingerprint density at radius 3 is 2.53 bits per heavy atom. The summed E-state index contributed by atoms with van der Waals surface area (Å²) in [5, 5.41) is 6.84. The molecule has 15 heavy (non-hydrogen) atoms. The Bertz CT molecular complexity index is 202. The van der Waals surface area contributed by atoms with E-state index in [-0.39, 0.29) is 5.91 Å². The first-order valence-corrected chi connectivity index (χ1v) is 5.67. The molecule has 0 aromatic carbocycles. The minimum atomic E-state index is -0.0208. The number of amides is 1. The van der Waals surface area contributed by atoms with E-state index in [0.717, 1.165) is 18.7 Å². The molecular weight excluding hydrogens is 190 g/mol. The van der Waals surface area contributed by atoms with Crippen LogP contribution < -0.4 is 10.7 Å². The third kappa shape index (κ3) is 10.9. The van der Waals surface area contributed by atoms with Crippen molar-refractivity contribution in [1.29, 1.82) is 0 Å². The Hall–Kier alpha value is -1.06. The lowest BCUT2D eigenvalue weighted by Gasteiger charge is -2.03. The fraction of sp³-hybridized carbons (Fsp3) is 0.818. The van der Waals surface area contributed by atoms with Gasteiger partial charge in [-0.05, 0) is 13.3 Å². The van der Waals surface area contributed by atoms with Crippen molar-refractivity contribution in [3.05, 3.63) is 0 Å². The minimum Gasteiger partial charge on any atom is -0.351 e. The van der Waals surface area contributed by atoms with Crippen LogP contribution >= 0.6 is 0 Å². The van der Waals surface area contributed by atoms with Gasteiger partial charge in [0.25, 0.3) is 0 Å².